The van der Waals surface area contributed by atoms with Crippen molar-refractivity contribution >= 4 is 18.4 Å². The van der Waals surface area contributed by atoms with E-state index in [1.54, 1.807) is 14.1 Å². The summed E-state index contributed by atoms with van der Waals surface area (Å²) in [6.45, 7) is 3.00. The van der Waals surface area contributed by atoms with E-state index in [1.165, 1.54) is 4.90 Å². The van der Waals surface area contributed by atoms with Crippen molar-refractivity contribution < 1.29 is 18.0 Å². The summed E-state index contributed by atoms with van der Waals surface area (Å²) in [5.74, 6) is -0.720. The van der Waals surface area contributed by atoms with E-state index in [1.807, 2.05) is 0 Å². The van der Waals surface area contributed by atoms with Gasteiger partial charge >= 0.3 is 6.18 Å². The molecule has 1 heterocycles. The lowest BCUT2D eigenvalue weighted by Gasteiger charge is -2.16. The average Bonchev–Trinajstić information content (AvgIpc) is 2.25. The first kappa shape index (κ1) is 13.1. The van der Waals surface area contributed by atoms with Gasteiger partial charge in [0, 0.05) is 20.3 Å². The molecule has 0 N–H and O–H groups in total. The zero-order valence-electron chi connectivity index (χ0n) is 9.25. The Balaban J connectivity index is 3.39. The highest BCUT2D eigenvalue weighted by Crippen LogP contribution is 2.31. The number of alkyl halides is 3. The second-order valence-electron chi connectivity index (χ2n) is 3.45. The molecule has 1 aromatic heterocycles. The minimum Gasteiger partial charge on any atom is -0.362 e. The molecule has 1 aromatic rings. The summed E-state index contributed by atoms with van der Waals surface area (Å²) < 4.78 is 37.4. The highest BCUT2D eigenvalue weighted by molar-refractivity contribution is 6.01. The van der Waals surface area contributed by atoms with Crippen LogP contribution in [0.2, 0.25) is 0 Å². The summed E-state index contributed by atoms with van der Waals surface area (Å²) in [5.41, 5.74) is -1.21. The summed E-state index contributed by atoms with van der Waals surface area (Å²) in [7, 11) is 3.13. The van der Waals surface area contributed by atoms with Gasteiger partial charge in [0.2, 0.25) is 0 Å². The molecule has 0 aliphatic heterocycles. The molecule has 0 saturated carbocycles. The van der Waals surface area contributed by atoms with E-state index in [9.17, 15) is 18.0 Å². The maximum atomic E-state index is 12.5. The van der Waals surface area contributed by atoms with Crippen LogP contribution in [0.15, 0.2) is 17.3 Å². The molecule has 0 atom stereocenters. The molecule has 0 aliphatic rings. The van der Waals surface area contributed by atoms with Crippen LogP contribution in [0.5, 0.6) is 0 Å². The first-order chi connectivity index (χ1) is 7.77. The second kappa shape index (κ2) is 4.52. The van der Waals surface area contributed by atoms with Crippen LogP contribution in [0.3, 0.4) is 0 Å². The molecule has 1 amide bonds. The van der Waals surface area contributed by atoms with Crippen molar-refractivity contribution in [3.8, 4) is 0 Å². The fourth-order valence-electron chi connectivity index (χ4n) is 1.21. The highest BCUT2D eigenvalue weighted by atomic mass is 19.4. The van der Waals surface area contributed by atoms with Gasteiger partial charge in [-0.25, -0.2) is 9.98 Å². The van der Waals surface area contributed by atoms with E-state index < -0.39 is 17.6 Å². The zero-order chi connectivity index (χ0) is 13.2. The summed E-state index contributed by atoms with van der Waals surface area (Å²) >= 11 is 0. The van der Waals surface area contributed by atoms with Crippen LogP contribution in [0, 0.1) is 0 Å². The Morgan fingerprint density at radius 1 is 1.47 bits per heavy atom. The Morgan fingerprint density at radius 2 is 2.06 bits per heavy atom. The van der Waals surface area contributed by atoms with Gasteiger partial charge in [0.25, 0.3) is 5.91 Å². The van der Waals surface area contributed by atoms with Crippen molar-refractivity contribution in [2.45, 2.75) is 6.18 Å². The van der Waals surface area contributed by atoms with E-state index in [4.69, 9.17) is 0 Å². The predicted octanol–water partition coefficient (Wildman–Crippen LogP) is 2.01. The molecule has 4 nitrogen and oxygen atoms in total. The van der Waals surface area contributed by atoms with Crippen LogP contribution in [0.4, 0.5) is 19.0 Å². The SMILES string of the molecule is C=NC(=O)c1cc(C(F)(F)F)cnc1N(C)C. The average molecular weight is 245 g/mol. The Morgan fingerprint density at radius 3 is 2.47 bits per heavy atom. The number of rotatable bonds is 2. The number of pyridine rings is 1. The Labute approximate surface area is 95.8 Å². The number of anilines is 1. The molecule has 0 bridgehead atoms. The largest absolute Gasteiger partial charge is 0.417 e. The van der Waals surface area contributed by atoms with E-state index in [2.05, 4.69) is 16.7 Å². The number of nitrogens with zero attached hydrogens (tertiary/aromatic N) is 3. The maximum absolute atomic E-state index is 12.5. The number of halogens is 3. The molecule has 1 rings (SSSR count). The first-order valence-corrected chi connectivity index (χ1v) is 4.53. The lowest BCUT2D eigenvalue weighted by molar-refractivity contribution is -0.137. The van der Waals surface area contributed by atoms with E-state index in [0.717, 1.165) is 6.07 Å². The quantitative estimate of drug-likeness (QED) is 0.749. The molecule has 7 heteroatoms. The number of amides is 1. The van der Waals surface area contributed by atoms with Crippen molar-refractivity contribution in [2.75, 3.05) is 19.0 Å². The van der Waals surface area contributed by atoms with Gasteiger partial charge in [-0.05, 0) is 12.8 Å². The third-order valence-electron chi connectivity index (χ3n) is 1.99. The van der Waals surface area contributed by atoms with Crippen LogP contribution in [0.25, 0.3) is 0 Å². The molecule has 0 saturated heterocycles. The fraction of sp³-hybridized carbons (Fsp3) is 0.300. The normalized spacial score (nSPS) is 11.1. The predicted molar refractivity (Wildman–Crippen MR) is 57.4 cm³/mol. The highest BCUT2D eigenvalue weighted by Gasteiger charge is 2.32. The zero-order valence-corrected chi connectivity index (χ0v) is 9.25. The molecule has 0 spiro atoms. The minimum atomic E-state index is -4.55. The number of aliphatic imine (C=N–C) groups is 1. The summed E-state index contributed by atoms with van der Waals surface area (Å²) in [4.78, 5) is 19.5. The second-order valence-corrected chi connectivity index (χ2v) is 3.45. The lowest BCUT2D eigenvalue weighted by atomic mass is 10.1. The molecule has 0 radical (unpaired) electrons. The van der Waals surface area contributed by atoms with Crippen molar-refractivity contribution in [1.82, 2.24) is 4.98 Å². The van der Waals surface area contributed by atoms with Crippen molar-refractivity contribution in [1.29, 1.82) is 0 Å². The number of hydrogen-bond acceptors (Lipinski definition) is 3. The van der Waals surface area contributed by atoms with Gasteiger partial charge in [-0.15, -0.1) is 0 Å². The van der Waals surface area contributed by atoms with E-state index in [-0.39, 0.29) is 11.4 Å². The fourth-order valence-corrected chi connectivity index (χ4v) is 1.21. The summed E-state index contributed by atoms with van der Waals surface area (Å²) in [6.07, 6.45) is -3.87. The van der Waals surface area contributed by atoms with Crippen LogP contribution >= 0.6 is 0 Å². The third kappa shape index (κ3) is 2.80. The number of hydrogen-bond donors (Lipinski definition) is 0. The van der Waals surface area contributed by atoms with Gasteiger partial charge in [-0.2, -0.15) is 13.2 Å². The molecule has 92 valence electrons. The van der Waals surface area contributed by atoms with E-state index >= 15 is 0 Å². The van der Waals surface area contributed by atoms with Gasteiger partial charge in [0.15, 0.2) is 0 Å². The smallest absolute Gasteiger partial charge is 0.362 e. The Bertz CT molecular complexity index is 455. The number of aromatic nitrogens is 1. The molecule has 0 fully saturated rings. The lowest BCUT2D eigenvalue weighted by Crippen LogP contribution is -2.17. The molecule has 17 heavy (non-hydrogen) atoms. The van der Waals surface area contributed by atoms with Crippen LogP contribution in [0.1, 0.15) is 15.9 Å². The summed E-state index contributed by atoms with van der Waals surface area (Å²) in [6, 6.07) is 0.722. The number of carbonyl (C=O) groups excluding carboxylic acids is 1. The van der Waals surface area contributed by atoms with Gasteiger partial charge < -0.3 is 4.90 Å². The number of carbonyl (C=O) groups is 1. The van der Waals surface area contributed by atoms with Crippen molar-refractivity contribution in [2.24, 2.45) is 4.99 Å². The van der Waals surface area contributed by atoms with Gasteiger partial charge in [0.05, 0.1) is 11.1 Å². The molecular weight excluding hydrogens is 235 g/mol. The van der Waals surface area contributed by atoms with Crippen LogP contribution in [-0.2, 0) is 6.18 Å². The van der Waals surface area contributed by atoms with Gasteiger partial charge in [-0.1, -0.05) is 0 Å². The molecule has 0 aromatic carbocycles. The van der Waals surface area contributed by atoms with E-state index in [0.29, 0.717) is 6.20 Å². The third-order valence-corrected chi connectivity index (χ3v) is 1.99. The summed E-state index contributed by atoms with van der Waals surface area (Å²) in [5, 5.41) is 0. The van der Waals surface area contributed by atoms with Crippen molar-refractivity contribution in [3.63, 3.8) is 0 Å². The Kier molecular flexibility index (Phi) is 3.50. The molecular formula is C10H10F3N3O. The monoisotopic (exact) mass is 245 g/mol. The first-order valence-electron chi connectivity index (χ1n) is 4.53. The van der Waals surface area contributed by atoms with Crippen molar-refractivity contribution in [3.05, 3.63) is 23.4 Å². The Hall–Kier alpha value is -1.92. The van der Waals surface area contributed by atoms with Gasteiger partial charge in [-0.3, -0.25) is 4.79 Å². The van der Waals surface area contributed by atoms with Gasteiger partial charge in [0.1, 0.15) is 5.82 Å². The van der Waals surface area contributed by atoms with Crippen LogP contribution in [-0.4, -0.2) is 31.7 Å². The minimum absolute atomic E-state index is 0.121. The maximum Gasteiger partial charge on any atom is 0.417 e. The van der Waals surface area contributed by atoms with Crippen LogP contribution < -0.4 is 4.90 Å². The topological polar surface area (TPSA) is 45.6 Å². The molecule has 0 unspecified atom stereocenters. The molecule has 0 aliphatic carbocycles. The standard InChI is InChI=1S/C10H10F3N3O/c1-14-9(17)7-4-6(10(11,12)13)5-15-8(7)16(2)3/h4-5H,1H2,2-3H3.